The molecule has 1 atom stereocenters. The number of nitrogens with one attached hydrogen (secondary N) is 1. The number of hydrogen-bond acceptors (Lipinski definition) is 4. The molecular formula is C31H34ClF2N3O4S. The van der Waals surface area contributed by atoms with E-state index in [2.05, 4.69) is 5.32 Å². The summed E-state index contributed by atoms with van der Waals surface area (Å²) in [6, 6.07) is 17.7. The van der Waals surface area contributed by atoms with Crippen LogP contribution < -0.4 is 9.62 Å². The van der Waals surface area contributed by atoms with Crippen LogP contribution in [0.5, 0.6) is 0 Å². The predicted octanol–water partition coefficient (Wildman–Crippen LogP) is 5.47. The molecule has 0 aliphatic heterocycles. The molecule has 7 nitrogen and oxygen atoms in total. The van der Waals surface area contributed by atoms with Gasteiger partial charge >= 0.3 is 0 Å². The van der Waals surface area contributed by atoms with Gasteiger partial charge in [-0.15, -0.1) is 0 Å². The number of hydrogen-bond donors (Lipinski definition) is 1. The van der Waals surface area contributed by atoms with Gasteiger partial charge in [0, 0.05) is 30.1 Å². The molecule has 42 heavy (non-hydrogen) atoms. The average Bonchev–Trinajstić information content (AvgIpc) is 2.95. The minimum atomic E-state index is -4.11. The van der Waals surface area contributed by atoms with Crippen LogP contribution in [0.1, 0.15) is 43.2 Å². The second-order valence-electron chi connectivity index (χ2n) is 10.6. The van der Waals surface area contributed by atoms with Gasteiger partial charge in [-0.05, 0) is 48.2 Å². The van der Waals surface area contributed by atoms with E-state index in [0.29, 0.717) is 14.9 Å². The first-order valence-corrected chi connectivity index (χ1v) is 16.0. The van der Waals surface area contributed by atoms with Crippen LogP contribution in [0.25, 0.3) is 0 Å². The Labute approximate surface area is 250 Å². The molecule has 0 saturated heterocycles. The molecule has 1 fully saturated rings. The van der Waals surface area contributed by atoms with Gasteiger partial charge in [-0.25, -0.2) is 17.2 Å². The van der Waals surface area contributed by atoms with Crippen LogP contribution in [0.3, 0.4) is 0 Å². The van der Waals surface area contributed by atoms with Gasteiger partial charge in [0.2, 0.25) is 21.8 Å². The van der Waals surface area contributed by atoms with Gasteiger partial charge in [-0.2, -0.15) is 0 Å². The fourth-order valence-electron chi connectivity index (χ4n) is 5.18. The van der Waals surface area contributed by atoms with Crippen LogP contribution in [0.2, 0.25) is 5.02 Å². The number of sulfonamides is 1. The molecule has 1 N–H and O–H groups in total. The zero-order chi connectivity index (χ0) is 30.3. The largest absolute Gasteiger partial charge is 0.352 e. The first-order chi connectivity index (χ1) is 20.0. The molecule has 0 unspecified atom stereocenters. The van der Waals surface area contributed by atoms with Crippen molar-refractivity contribution in [3.63, 3.8) is 0 Å². The minimum absolute atomic E-state index is 0.0256. The molecule has 0 bridgehead atoms. The van der Waals surface area contributed by atoms with E-state index >= 15 is 0 Å². The van der Waals surface area contributed by atoms with Crippen LogP contribution in [-0.2, 0) is 32.6 Å². The SMILES string of the molecule is CS(=O)(=O)N(CC(=O)N(Cc1cccc(Cl)c1)[C@H](Cc1ccccc1)C(=O)NC1CCCCC1)c1ccc(F)c(F)c1. The Morgan fingerprint density at radius 1 is 0.929 bits per heavy atom. The van der Waals surface area contributed by atoms with Crippen molar-refractivity contribution < 1.29 is 26.8 Å². The van der Waals surface area contributed by atoms with Crippen molar-refractivity contribution in [2.45, 2.75) is 57.2 Å². The maximum absolute atomic E-state index is 14.1. The molecule has 0 spiro atoms. The summed E-state index contributed by atoms with van der Waals surface area (Å²) in [7, 11) is -4.11. The van der Waals surface area contributed by atoms with Crippen molar-refractivity contribution in [1.29, 1.82) is 0 Å². The first-order valence-electron chi connectivity index (χ1n) is 13.8. The number of rotatable bonds is 11. The molecule has 224 valence electrons. The summed E-state index contributed by atoms with van der Waals surface area (Å²) in [6.45, 7) is -0.767. The van der Waals surface area contributed by atoms with Gasteiger partial charge in [-0.1, -0.05) is 73.3 Å². The van der Waals surface area contributed by atoms with Gasteiger partial charge in [0.15, 0.2) is 11.6 Å². The maximum Gasteiger partial charge on any atom is 0.244 e. The van der Waals surface area contributed by atoms with E-state index in [4.69, 9.17) is 11.6 Å². The standard InChI is InChI=1S/C31H34ClF2N3O4S/c1-42(40,41)37(26-15-16-27(33)28(34)19-26)21-30(38)36(20-23-11-8-12-24(32)17-23)29(18-22-9-4-2-5-10-22)31(39)35-25-13-6-3-7-14-25/h2,4-5,8-12,15-17,19,25,29H,3,6-7,13-14,18,20-21H2,1H3,(H,35,39)/t29-/m1/s1. The quantitative estimate of drug-likeness (QED) is 0.309. The number of anilines is 1. The minimum Gasteiger partial charge on any atom is -0.352 e. The summed E-state index contributed by atoms with van der Waals surface area (Å²) in [5.74, 6) is -3.44. The zero-order valence-electron chi connectivity index (χ0n) is 23.3. The highest BCUT2D eigenvalue weighted by atomic mass is 35.5. The summed E-state index contributed by atoms with van der Waals surface area (Å²) < 4.78 is 54.0. The van der Waals surface area contributed by atoms with E-state index < -0.39 is 40.2 Å². The topological polar surface area (TPSA) is 86.8 Å². The van der Waals surface area contributed by atoms with Gasteiger partial charge in [0.05, 0.1) is 11.9 Å². The second-order valence-corrected chi connectivity index (χ2v) is 12.9. The van der Waals surface area contributed by atoms with Crippen molar-refractivity contribution in [3.05, 3.63) is 101 Å². The monoisotopic (exact) mass is 617 g/mol. The summed E-state index contributed by atoms with van der Waals surface area (Å²) in [4.78, 5) is 29.3. The zero-order valence-corrected chi connectivity index (χ0v) is 24.9. The fourth-order valence-corrected chi connectivity index (χ4v) is 6.24. The van der Waals surface area contributed by atoms with Crippen LogP contribution >= 0.6 is 11.6 Å². The Balaban J connectivity index is 1.73. The van der Waals surface area contributed by atoms with E-state index in [1.807, 2.05) is 30.3 Å². The lowest BCUT2D eigenvalue weighted by atomic mass is 9.94. The number of halogens is 3. The molecule has 11 heteroatoms. The van der Waals surface area contributed by atoms with E-state index in [0.717, 1.165) is 62.1 Å². The summed E-state index contributed by atoms with van der Waals surface area (Å²) >= 11 is 6.22. The predicted molar refractivity (Wildman–Crippen MR) is 159 cm³/mol. The number of nitrogens with zero attached hydrogens (tertiary/aromatic N) is 2. The van der Waals surface area contributed by atoms with Crippen LogP contribution in [-0.4, -0.2) is 50.0 Å². The second kappa shape index (κ2) is 14.1. The molecule has 3 aromatic carbocycles. The van der Waals surface area contributed by atoms with Crippen molar-refractivity contribution >= 4 is 39.1 Å². The highest BCUT2D eigenvalue weighted by Gasteiger charge is 2.34. The number of carbonyl (C=O) groups excluding carboxylic acids is 2. The summed E-state index contributed by atoms with van der Waals surface area (Å²) in [6.07, 6.45) is 5.82. The van der Waals surface area contributed by atoms with E-state index in [9.17, 15) is 26.8 Å². The van der Waals surface area contributed by atoms with Crippen molar-refractivity contribution in [1.82, 2.24) is 10.2 Å². The Bertz CT molecular complexity index is 1500. The molecule has 2 amide bonds. The van der Waals surface area contributed by atoms with E-state index in [-0.39, 0.29) is 30.6 Å². The normalized spacial score (nSPS) is 14.7. The molecule has 0 aromatic heterocycles. The molecule has 4 rings (SSSR count). The van der Waals surface area contributed by atoms with E-state index in [1.165, 1.54) is 4.90 Å². The number of benzene rings is 3. The molecule has 1 aliphatic carbocycles. The number of carbonyl (C=O) groups is 2. The highest BCUT2D eigenvalue weighted by Crippen LogP contribution is 2.24. The Hall–Kier alpha value is -3.50. The van der Waals surface area contributed by atoms with Crippen LogP contribution in [0, 0.1) is 11.6 Å². The summed E-state index contributed by atoms with van der Waals surface area (Å²) in [5.41, 5.74) is 1.24. The van der Waals surface area contributed by atoms with Gasteiger partial charge < -0.3 is 10.2 Å². The number of amides is 2. The van der Waals surface area contributed by atoms with Crippen LogP contribution in [0.4, 0.5) is 14.5 Å². The Kier molecular flexibility index (Phi) is 10.6. The third-order valence-electron chi connectivity index (χ3n) is 7.33. The lowest BCUT2D eigenvalue weighted by Crippen LogP contribution is -2.55. The molecule has 1 saturated carbocycles. The van der Waals surface area contributed by atoms with Crippen molar-refractivity contribution in [2.24, 2.45) is 0 Å². The van der Waals surface area contributed by atoms with Gasteiger partial charge in [0.1, 0.15) is 12.6 Å². The lowest BCUT2D eigenvalue weighted by molar-refractivity contribution is -0.140. The highest BCUT2D eigenvalue weighted by molar-refractivity contribution is 7.92. The average molecular weight is 618 g/mol. The molecule has 0 radical (unpaired) electrons. The molecule has 3 aromatic rings. The van der Waals surface area contributed by atoms with Crippen molar-refractivity contribution in [2.75, 3.05) is 17.1 Å². The third-order valence-corrected chi connectivity index (χ3v) is 8.71. The summed E-state index contributed by atoms with van der Waals surface area (Å²) in [5, 5.41) is 3.55. The van der Waals surface area contributed by atoms with Crippen LogP contribution in [0.15, 0.2) is 72.8 Å². The molecule has 0 heterocycles. The lowest BCUT2D eigenvalue weighted by Gasteiger charge is -2.35. The van der Waals surface area contributed by atoms with Gasteiger partial charge in [0.25, 0.3) is 0 Å². The Morgan fingerprint density at radius 2 is 1.62 bits per heavy atom. The fraction of sp³-hybridized carbons (Fsp3) is 0.355. The molecular weight excluding hydrogens is 584 g/mol. The molecule has 1 aliphatic rings. The van der Waals surface area contributed by atoms with E-state index in [1.54, 1.807) is 24.3 Å². The maximum atomic E-state index is 14.1. The first kappa shape index (κ1) is 31.4. The van der Waals surface area contributed by atoms with Gasteiger partial charge in [-0.3, -0.25) is 13.9 Å². The van der Waals surface area contributed by atoms with Crippen molar-refractivity contribution in [3.8, 4) is 0 Å². The Morgan fingerprint density at radius 3 is 2.26 bits per heavy atom. The smallest absolute Gasteiger partial charge is 0.244 e. The third kappa shape index (κ3) is 8.51.